The molecule has 0 aromatic heterocycles. The highest BCUT2D eigenvalue weighted by Crippen LogP contribution is 2.16. The number of ether oxygens (including phenoxy) is 1. The van der Waals surface area contributed by atoms with E-state index in [2.05, 4.69) is 26.0 Å². The zero-order valence-electron chi connectivity index (χ0n) is 10.5. The molecule has 0 spiro atoms. The Morgan fingerprint density at radius 2 is 2.11 bits per heavy atom. The second-order valence-corrected chi connectivity index (χ2v) is 4.75. The number of benzene rings is 1. The molecule has 5 heteroatoms. The molecular formula is C13H16BrNO3. The van der Waals surface area contributed by atoms with Crippen molar-refractivity contribution in [2.24, 2.45) is 0 Å². The van der Waals surface area contributed by atoms with Gasteiger partial charge in [0.1, 0.15) is 0 Å². The lowest BCUT2D eigenvalue weighted by Gasteiger charge is -2.06. The first kappa shape index (κ1) is 14.7. The Kier molecular flexibility index (Phi) is 5.85. The number of hydrogen-bond acceptors (Lipinski definition) is 3. The molecule has 1 rings (SSSR count). The van der Waals surface area contributed by atoms with Gasteiger partial charge in [0, 0.05) is 23.0 Å². The topological polar surface area (TPSA) is 55.4 Å². The van der Waals surface area contributed by atoms with E-state index < -0.39 is 0 Å². The lowest BCUT2D eigenvalue weighted by atomic mass is 10.1. The van der Waals surface area contributed by atoms with Crippen LogP contribution in [0.25, 0.3) is 0 Å². The van der Waals surface area contributed by atoms with Gasteiger partial charge < -0.3 is 10.1 Å². The molecule has 0 bridgehead atoms. The molecular weight excluding hydrogens is 298 g/mol. The number of carbonyl (C=O) groups excluding carboxylic acids is 2. The molecule has 0 atom stereocenters. The predicted molar refractivity (Wildman–Crippen MR) is 72.5 cm³/mol. The van der Waals surface area contributed by atoms with Crippen molar-refractivity contribution in [1.29, 1.82) is 0 Å². The average molecular weight is 314 g/mol. The molecule has 0 fully saturated rings. The van der Waals surface area contributed by atoms with Crippen LogP contribution in [0.3, 0.4) is 0 Å². The van der Waals surface area contributed by atoms with Gasteiger partial charge in [-0.25, -0.2) is 0 Å². The Labute approximate surface area is 115 Å². The van der Waals surface area contributed by atoms with Crippen molar-refractivity contribution in [1.82, 2.24) is 5.32 Å². The van der Waals surface area contributed by atoms with Crippen molar-refractivity contribution < 1.29 is 14.3 Å². The van der Waals surface area contributed by atoms with Gasteiger partial charge in [0.15, 0.2) is 0 Å². The van der Waals surface area contributed by atoms with Gasteiger partial charge in [-0.05, 0) is 37.1 Å². The van der Waals surface area contributed by atoms with Gasteiger partial charge in [-0.15, -0.1) is 0 Å². The van der Waals surface area contributed by atoms with Crippen LogP contribution < -0.4 is 5.32 Å². The number of nitrogens with one attached hydrogen (secondary N) is 1. The quantitative estimate of drug-likeness (QED) is 0.671. The van der Waals surface area contributed by atoms with Gasteiger partial charge in [0.2, 0.25) is 0 Å². The molecule has 1 aromatic carbocycles. The average Bonchev–Trinajstić information content (AvgIpc) is 2.37. The smallest absolute Gasteiger partial charge is 0.305 e. The van der Waals surface area contributed by atoms with Gasteiger partial charge in [-0.3, -0.25) is 9.59 Å². The summed E-state index contributed by atoms with van der Waals surface area (Å²) in [5.41, 5.74) is 1.63. The van der Waals surface area contributed by atoms with E-state index in [-0.39, 0.29) is 11.9 Å². The summed E-state index contributed by atoms with van der Waals surface area (Å²) < 4.78 is 5.49. The molecule has 0 saturated heterocycles. The molecule has 98 valence electrons. The minimum atomic E-state index is -0.260. The zero-order chi connectivity index (χ0) is 13.5. The first-order valence-electron chi connectivity index (χ1n) is 5.65. The summed E-state index contributed by atoms with van der Waals surface area (Å²) in [6.45, 7) is 2.39. The second kappa shape index (κ2) is 7.16. The Morgan fingerprint density at radius 3 is 2.72 bits per heavy atom. The van der Waals surface area contributed by atoms with Crippen LogP contribution in [0.1, 0.15) is 28.8 Å². The third kappa shape index (κ3) is 4.49. The molecule has 0 heterocycles. The van der Waals surface area contributed by atoms with Gasteiger partial charge in [0.25, 0.3) is 5.91 Å². The highest BCUT2D eigenvalue weighted by molar-refractivity contribution is 9.10. The van der Waals surface area contributed by atoms with Crippen LogP contribution in [0, 0.1) is 6.92 Å². The van der Waals surface area contributed by atoms with Crippen molar-refractivity contribution in [2.75, 3.05) is 13.7 Å². The predicted octanol–water partition coefficient (Wildman–Crippen LogP) is 2.44. The third-order valence-corrected chi connectivity index (χ3v) is 3.38. The van der Waals surface area contributed by atoms with E-state index in [0.717, 1.165) is 10.0 Å². The molecule has 18 heavy (non-hydrogen) atoms. The number of amides is 1. The molecule has 1 amide bonds. The largest absolute Gasteiger partial charge is 0.469 e. The van der Waals surface area contributed by atoms with E-state index in [4.69, 9.17) is 0 Å². The van der Waals surface area contributed by atoms with Crippen LogP contribution in [-0.2, 0) is 9.53 Å². The summed E-state index contributed by atoms with van der Waals surface area (Å²) in [5, 5.41) is 2.76. The maximum Gasteiger partial charge on any atom is 0.305 e. The van der Waals surface area contributed by atoms with Crippen molar-refractivity contribution in [3.05, 3.63) is 33.8 Å². The summed E-state index contributed by atoms with van der Waals surface area (Å²) in [4.78, 5) is 22.6. The van der Waals surface area contributed by atoms with Crippen molar-refractivity contribution >= 4 is 27.8 Å². The van der Waals surface area contributed by atoms with Gasteiger partial charge in [-0.2, -0.15) is 0 Å². The van der Waals surface area contributed by atoms with E-state index in [1.54, 1.807) is 6.07 Å². The molecule has 0 saturated carbocycles. The zero-order valence-corrected chi connectivity index (χ0v) is 12.0. The summed E-state index contributed by atoms with van der Waals surface area (Å²) >= 11 is 3.38. The summed E-state index contributed by atoms with van der Waals surface area (Å²) in [5.74, 6) is -0.390. The number of aryl methyl sites for hydroxylation is 1. The van der Waals surface area contributed by atoms with Crippen LogP contribution in [0.2, 0.25) is 0 Å². The Hall–Kier alpha value is -1.36. The minimum Gasteiger partial charge on any atom is -0.469 e. The number of rotatable bonds is 5. The molecule has 0 aliphatic carbocycles. The van der Waals surface area contributed by atoms with Crippen molar-refractivity contribution in [3.8, 4) is 0 Å². The van der Waals surface area contributed by atoms with Crippen LogP contribution in [0.15, 0.2) is 22.7 Å². The minimum absolute atomic E-state index is 0.129. The lowest BCUT2D eigenvalue weighted by molar-refractivity contribution is -0.140. The van der Waals surface area contributed by atoms with E-state index >= 15 is 0 Å². The number of hydrogen-bond donors (Lipinski definition) is 1. The fourth-order valence-corrected chi connectivity index (χ4v) is 1.67. The molecule has 1 aromatic rings. The number of esters is 1. The third-order valence-electron chi connectivity index (χ3n) is 2.49. The Morgan fingerprint density at radius 1 is 1.39 bits per heavy atom. The molecule has 4 nitrogen and oxygen atoms in total. The monoisotopic (exact) mass is 313 g/mol. The summed E-state index contributed by atoms with van der Waals surface area (Å²) in [6.07, 6.45) is 0.893. The first-order valence-corrected chi connectivity index (χ1v) is 6.45. The first-order chi connectivity index (χ1) is 8.54. The van der Waals surface area contributed by atoms with Crippen LogP contribution in [-0.4, -0.2) is 25.5 Å². The van der Waals surface area contributed by atoms with Crippen LogP contribution in [0.5, 0.6) is 0 Å². The fourth-order valence-electron chi connectivity index (χ4n) is 1.42. The normalized spacial score (nSPS) is 9.94. The Balaban J connectivity index is 2.41. The molecule has 1 N–H and O–H groups in total. The maximum atomic E-state index is 11.8. The molecule has 0 aliphatic heterocycles. The summed E-state index contributed by atoms with van der Waals surface area (Å²) in [6, 6.07) is 5.42. The van der Waals surface area contributed by atoms with Gasteiger partial charge >= 0.3 is 5.97 Å². The Bertz CT molecular complexity index is 446. The second-order valence-electron chi connectivity index (χ2n) is 3.90. The van der Waals surface area contributed by atoms with E-state index in [1.807, 2.05) is 19.1 Å². The number of methoxy groups -OCH3 is 1. The molecule has 0 unspecified atom stereocenters. The highest BCUT2D eigenvalue weighted by atomic mass is 79.9. The van der Waals surface area contributed by atoms with E-state index in [0.29, 0.717) is 24.9 Å². The molecule has 0 radical (unpaired) electrons. The van der Waals surface area contributed by atoms with Crippen LogP contribution in [0.4, 0.5) is 0 Å². The fraction of sp³-hybridized carbons (Fsp3) is 0.385. The van der Waals surface area contributed by atoms with Crippen molar-refractivity contribution in [3.63, 3.8) is 0 Å². The SMILES string of the molecule is COC(=O)CCCNC(=O)c1ccc(Br)c(C)c1. The van der Waals surface area contributed by atoms with E-state index in [1.165, 1.54) is 7.11 Å². The standard InChI is InChI=1S/C13H16BrNO3/c1-9-8-10(5-6-11(9)14)13(17)15-7-3-4-12(16)18-2/h5-6,8H,3-4,7H2,1-2H3,(H,15,17). The molecule has 0 aliphatic rings. The van der Waals surface area contributed by atoms with Gasteiger partial charge in [0.05, 0.1) is 7.11 Å². The highest BCUT2D eigenvalue weighted by Gasteiger charge is 2.07. The number of halogens is 1. The van der Waals surface area contributed by atoms with Crippen molar-refractivity contribution in [2.45, 2.75) is 19.8 Å². The lowest BCUT2D eigenvalue weighted by Crippen LogP contribution is -2.25. The van der Waals surface area contributed by atoms with E-state index in [9.17, 15) is 9.59 Å². The maximum absolute atomic E-state index is 11.8. The number of carbonyl (C=O) groups is 2. The summed E-state index contributed by atoms with van der Waals surface area (Å²) in [7, 11) is 1.35. The van der Waals surface area contributed by atoms with Crippen LogP contribution >= 0.6 is 15.9 Å². The van der Waals surface area contributed by atoms with Gasteiger partial charge in [-0.1, -0.05) is 15.9 Å².